The highest BCUT2D eigenvalue weighted by Crippen LogP contribution is 2.35. The van der Waals surface area contributed by atoms with E-state index in [0.29, 0.717) is 13.1 Å². The molecule has 0 unspecified atom stereocenters. The molecule has 1 aliphatic rings. The van der Waals surface area contributed by atoms with E-state index in [1.54, 1.807) is 16.7 Å². The highest BCUT2D eigenvalue weighted by Gasteiger charge is 2.28. The largest absolute Gasteiger partial charge is 0.368 e. The minimum absolute atomic E-state index is 0.251. The van der Waals surface area contributed by atoms with E-state index in [4.69, 9.17) is 5.73 Å². The number of nitrogen functional groups attached to an aromatic ring is 1. The van der Waals surface area contributed by atoms with Crippen LogP contribution in [0.3, 0.4) is 0 Å². The number of nitrogens with two attached hydrogens (primary N) is 1. The Morgan fingerprint density at radius 3 is 2.47 bits per heavy atom. The van der Waals surface area contributed by atoms with Crippen molar-refractivity contribution in [2.45, 2.75) is 65.0 Å². The first-order valence-corrected chi connectivity index (χ1v) is 13.4. The summed E-state index contributed by atoms with van der Waals surface area (Å²) in [6, 6.07) is 6.39. The van der Waals surface area contributed by atoms with E-state index < -0.39 is 10.0 Å². The van der Waals surface area contributed by atoms with E-state index in [2.05, 4.69) is 39.7 Å². The summed E-state index contributed by atoms with van der Waals surface area (Å²) in [6.07, 6.45) is 13.0. The van der Waals surface area contributed by atoms with Crippen LogP contribution in [0.5, 0.6) is 0 Å². The lowest BCUT2D eigenvalue weighted by Crippen LogP contribution is -2.35. The van der Waals surface area contributed by atoms with Crippen LogP contribution >= 0.6 is 0 Å². The molecule has 0 saturated heterocycles. The van der Waals surface area contributed by atoms with Crippen molar-refractivity contribution in [2.24, 2.45) is 0 Å². The van der Waals surface area contributed by atoms with E-state index in [1.165, 1.54) is 49.6 Å². The SMILES string of the molecule is CCCCCCCCn1c2c(c3cc(-c4cnc(N)nc4)ccc31)CN(S(C)(=O)=O)CC2. The Morgan fingerprint density at radius 2 is 1.75 bits per heavy atom. The maximum atomic E-state index is 12.2. The molecule has 3 aromatic rings. The van der Waals surface area contributed by atoms with Crippen molar-refractivity contribution in [1.82, 2.24) is 18.8 Å². The number of unbranched alkanes of at least 4 members (excludes halogenated alkanes) is 5. The Balaban J connectivity index is 1.69. The molecule has 1 aromatic carbocycles. The molecule has 0 atom stereocenters. The first-order valence-electron chi connectivity index (χ1n) is 11.6. The van der Waals surface area contributed by atoms with E-state index in [9.17, 15) is 8.42 Å². The van der Waals surface area contributed by atoms with Crippen LogP contribution in [-0.2, 0) is 29.5 Å². The van der Waals surface area contributed by atoms with Crippen LogP contribution in [0.15, 0.2) is 30.6 Å². The third-order valence-corrected chi connectivity index (χ3v) is 7.68. The molecule has 3 heterocycles. The number of hydrogen-bond acceptors (Lipinski definition) is 5. The lowest BCUT2D eigenvalue weighted by molar-refractivity contribution is 0.388. The molecule has 2 aromatic heterocycles. The van der Waals surface area contributed by atoms with Crippen molar-refractivity contribution in [3.05, 3.63) is 41.9 Å². The zero-order chi connectivity index (χ0) is 22.7. The first-order chi connectivity index (χ1) is 15.4. The summed E-state index contributed by atoms with van der Waals surface area (Å²) in [4.78, 5) is 8.24. The summed E-state index contributed by atoms with van der Waals surface area (Å²) in [7, 11) is -3.23. The van der Waals surface area contributed by atoms with Crippen molar-refractivity contribution in [1.29, 1.82) is 0 Å². The number of hydrogen-bond donors (Lipinski definition) is 1. The standard InChI is InChI=1S/C24H33N5O2S/c1-3-4-5-6-7-8-12-29-22-10-9-18(19-15-26-24(25)27-16-19)14-20(22)21-17-28(32(2,30)31)13-11-23(21)29/h9-10,14-16H,3-8,11-13,17H2,1-2H3,(H2,25,26,27). The average Bonchev–Trinajstić information content (AvgIpc) is 3.08. The summed E-state index contributed by atoms with van der Waals surface area (Å²) in [5.74, 6) is 0.251. The van der Waals surface area contributed by atoms with Gasteiger partial charge in [0.15, 0.2) is 0 Å². The minimum atomic E-state index is -3.23. The maximum Gasteiger partial charge on any atom is 0.219 e. The Morgan fingerprint density at radius 1 is 1.03 bits per heavy atom. The van der Waals surface area contributed by atoms with E-state index in [0.717, 1.165) is 41.5 Å². The molecule has 4 rings (SSSR count). The molecule has 2 N–H and O–H groups in total. The van der Waals surface area contributed by atoms with Crippen molar-refractivity contribution in [2.75, 3.05) is 18.5 Å². The molecule has 0 aliphatic carbocycles. The van der Waals surface area contributed by atoms with Crippen LogP contribution in [0, 0.1) is 0 Å². The topological polar surface area (TPSA) is 94.1 Å². The maximum absolute atomic E-state index is 12.2. The Labute approximate surface area is 190 Å². The predicted molar refractivity (Wildman–Crippen MR) is 130 cm³/mol. The van der Waals surface area contributed by atoms with Gasteiger partial charge in [0.25, 0.3) is 0 Å². The van der Waals surface area contributed by atoms with Gasteiger partial charge >= 0.3 is 0 Å². The van der Waals surface area contributed by atoms with Gasteiger partial charge in [0.05, 0.1) is 6.26 Å². The number of benzene rings is 1. The van der Waals surface area contributed by atoms with Crippen molar-refractivity contribution in [3.8, 4) is 11.1 Å². The van der Waals surface area contributed by atoms with E-state index >= 15 is 0 Å². The van der Waals surface area contributed by atoms with Crippen LogP contribution < -0.4 is 5.73 Å². The van der Waals surface area contributed by atoms with Gasteiger partial charge in [-0.15, -0.1) is 0 Å². The molecule has 32 heavy (non-hydrogen) atoms. The second kappa shape index (κ2) is 9.58. The third kappa shape index (κ3) is 4.81. The number of aromatic nitrogens is 3. The minimum Gasteiger partial charge on any atom is -0.368 e. The fourth-order valence-corrected chi connectivity index (χ4v) is 5.47. The van der Waals surface area contributed by atoms with Crippen LogP contribution in [-0.4, -0.2) is 40.1 Å². The molecule has 7 nitrogen and oxygen atoms in total. The molecule has 0 spiro atoms. The summed E-state index contributed by atoms with van der Waals surface area (Å²) in [6.45, 7) is 4.18. The smallest absolute Gasteiger partial charge is 0.219 e. The van der Waals surface area contributed by atoms with Gasteiger partial charge in [-0.2, -0.15) is 4.31 Å². The van der Waals surface area contributed by atoms with Gasteiger partial charge in [-0.3, -0.25) is 0 Å². The van der Waals surface area contributed by atoms with Gasteiger partial charge in [-0.25, -0.2) is 18.4 Å². The molecule has 0 amide bonds. The zero-order valence-corrected chi connectivity index (χ0v) is 19.9. The Kier molecular flexibility index (Phi) is 6.81. The number of aryl methyl sites for hydroxylation is 1. The monoisotopic (exact) mass is 455 g/mol. The number of fused-ring (bicyclic) bond motifs is 3. The fourth-order valence-electron chi connectivity index (χ4n) is 4.68. The van der Waals surface area contributed by atoms with Gasteiger partial charge < -0.3 is 10.3 Å². The number of sulfonamides is 1. The van der Waals surface area contributed by atoms with Gasteiger partial charge in [0.2, 0.25) is 16.0 Å². The molecule has 0 radical (unpaired) electrons. The summed E-state index contributed by atoms with van der Waals surface area (Å²) < 4.78 is 28.5. The van der Waals surface area contributed by atoms with Crippen LogP contribution in [0.25, 0.3) is 22.0 Å². The second-order valence-electron chi connectivity index (χ2n) is 8.75. The van der Waals surface area contributed by atoms with Crippen molar-refractivity contribution in [3.63, 3.8) is 0 Å². The first kappa shape index (κ1) is 22.7. The van der Waals surface area contributed by atoms with Gasteiger partial charge in [-0.05, 0) is 29.7 Å². The average molecular weight is 456 g/mol. The van der Waals surface area contributed by atoms with Crippen LogP contribution in [0.2, 0.25) is 0 Å². The fraction of sp³-hybridized carbons (Fsp3) is 0.500. The lowest BCUT2D eigenvalue weighted by Gasteiger charge is -2.26. The summed E-state index contributed by atoms with van der Waals surface area (Å²) in [5, 5.41) is 1.12. The molecule has 0 saturated carbocycles. The highest BCUT2D eigenvalue weighted by atomic mass is 32.2. The Bertz CT molecular complexity index is 1190. The molecular weight excluding hydrogens is 422 g/mol. The Hall–Kier alpha value is -2.45. The molecule has 0 bridgehead atoms. The molecular formula is C24H33N5O2S. The summed E-state index contributed by atoms with van der Waals surface area (Å²) in [5.41, 5.74) is 11.1. The van der Waals surface area contributed by atoms with Gasteiger partial charge in [0, 0.05) is 60.6 Å². The highest BCUT2D eigenvalue weighted by molar-refractivity contribution is 7.88. The van der Waals surface area contributed by atoms with Crippen LogP contribution in [0.4, 0.5) is 5.95 Å². The van der Waals surface area contributed by atoms with Crippen LogP contribution in [0.1, 0.15) is 56.7 Å². The van der Waals surface area contributed by atoms with Crippen molar-refractivity contribution < 1.29 is 8.42 Å². The molecule has 1 aliphatic heterocycles. The number of anilines is 1. The zero-order valence-electron chi connectivity index (χ0n) is 19.0. The van der Waals surface area contributed by atoms with E-state index in [-0.39, 0.29) is 5.95 Å². The predicted octanol–water partition coefficient (Wildman–Crippen LogP) is 4.36. The normalized spacial score (nSPS) is 14.7. The summed E-state index contributed by atoms with van der Waals surface area (Å²) >= 11 is 0. The molecule has 172 valence electrons. The lowest BCUT2D eigenvalue weighted by atomic mass is 10.0. The second-order valence-corrected chi connectivity index (χ2v) is 10.7. The van der Waals surface area contributed by atoms with Gasteiger partial charge in [0.1, 0.15) is 0 Å². The van der Waals surface area contributed by atoms with E-state index in [1.807, 2.05) is 0 Å². The third-order valence-electron chi connectivity index (χ3n) is 6.43. The molecule has 8 heteroatoms. The number of rotatable bonds is 9. The molecule has 0 fully saturated rings. The van der Waals surface area contributed by atoms with Gasteiger partial charge in [-0.1, -0.05) is 45.1 Å². The quantitative estimate of drug-likeness (QED) is 0.484. The van der Waals surface area contributed by atoms with Crippen molar-refractivity contribution >= 4 is 26.9 Å². The number of nitrogens with zero attached hydrogens (tertiary/aromatic N) is 4.